The second kappa shape index (κ2) is 12.7. The third-order valence-corrected chi connectivity index (χ3v) is 6.04. The van der Waals surface area contributed by atoms with Gasteiger partial charge in [0.15, 0.2) is 0 Å². The molecule has 0 saturated carbocycles. The molecule has 0 bridgehead atoms. The molecule has 1 aliphatic heterocycles. The van der Waals surface area contributed by atoms with E-state index in [1.807, 2.05) is 30.3 Å². The second-order valence-electron chi connectivity index (χ2n) is 10.7. The number of nitrogens with one attached hydrogen (secondary N) is 1. The number of hydrogen-bond acceptors (Lipinski definition) is 7. The molecular weight excluding hydrogens is 504 g/mol. The van der Waals surface area contributed by atoms with Crippen molar-refractivity contribution in [2.75, 3.05) is 13.2 Å². The number of imide groups is 1. The predicted octanol–water partition coefficient (Wildman–Crippen LogP) is 4.42. The van der Waals surface area contributed by atoms with E-state index < -0.39 is 40.6 Å². The van der Waals surface area contributed by atoms with Crippen molar-refractivity contribution in [1.29, 1.82) is 0 Å². The second-order valence-corrected chi connectivity index (χ2v) is 10.7. The zero-order valence-electron chi connectivity index (χ0n) is 23.0. The van der Waals surface area contributed by atoms with E-state index >= 15 is 0 Å². The zero-order valence-corrected chi connectivity index (χ0v) is 23.0. The number of urea groups is 1. The third-order valence-electron chi connectivity index (χ3n) is 6.04. The van der Waals surface area contributed by atoms with Gasteiger partial charge in [0.25, 0.3) is 5.69 Å². The molecule has 11 heteroatoms. The average Bonchev–Trinajstić information content (AvgIpc) is 2.86. The van der Waals surface area contributed by atoms with Gasteiger partial charge in [0.1, 0.15) is 11.6 Å². The lowest BCUT2D eigenvalue weighted by Crippen LogP contribution is -2.57. The highest BCUT2D eigenvalue weighted by atomic mass is 16.6. The Labute approximate surface area is 228 Å². The monoisotopic (exact) mass is 540 g/mol. The maximum Gasteiger partial charge on any atom is 0.418 e. The Morgan fingerprint density at radius 2 is 1.79 bits per heavy atom. The van der Waals surface area contributed by atoms with Gasteiger partial charge in [-0.25, -0.2) is 14.5 Å². The van der Waals surface area contributed by atoms with Gasteiger partial charge in [-0.3, -0.25) is 14.9 Å². The van der Waals surface area contributed by atoms with Crippen LogP contribution in [0, 0.1) is 10.1 Å². The topological polar surface area (TPSA) is 131 Å². The number of nitro benzene ring substituents is 1. The quantitative estimate of drug-likeness (QED) is 0.387. The first kappa shape index (κ1) is 29.6. The Balaban J connectivity index is 1.79. The summed E-state index contributed by atoms with van der Waals surface area (Å²) in [7, 11) is 0. The van der Waals surface area contributed by atoms with Crippen LogP contribution in [0.15, 0.2) is 48.5 Å². The Kier molecular flexibility index (Phi) is 9.63. The van der Waals surface area contributed by atoms with Crippen LogP contribution < -0.4 is 5.32 Å². The van der Waals surface area contributed by atoms with Crippen LogP contribution in [-0.4, -0.2) is 63.6 Å². The minimum atomic E-state index is -1.11. The molecule has 0 spiro atoms. The first-order chi connectivity index (χ1) is 18.4. The average molecular weight is 541 g/mol. The van der Waals surface area contributed by atoms with Crippen LogP contribution >= 0.6 is 0 Å². The lowest BCUT2D eigenvalue weighted by Gasteiger charge is -2.33. The van der Waals surface area contributed by atoms with Crippen molar-refractivity contribution in [2.45, 2.75) is 71.9 Å². The lowest BCUT2D eigenvalue weighted by atomic mass is 9.98. The molecule has 0 saturated heterocycles. The van der Waals surface area contributed by atoms with E-state index in [-0.39, 0.29) is 25.4 Å². The number of nitrogens with zero attached hydrogens (tertiary/aromatic N) is 3. The molecular formula is C28H36N4O7. The molecule has 0 fully saturated rings. The van der Waals surface area contributed by atoms with Crippen molar-refractivity contribution in [3.63, 3.8) is 0 Å². The molecule has 2 aromatic carbocycles. The van der Waals surface area contributed by atoms with Gasteiger partial charge in [0.2, 0.25) is 5.91 Å². The molecule has 3 rings (SSSR count). The van der Waals surface area contributed by atoms with Crippen LogP contribution in [0.4, 0.5) is 15.3 Å². The standard InChI is InChI=1S/C28H36N4O7/c1-19(2)31(27(35)39-28(3,4)5)26(34)29-24(18-38-17-20-9-7-6-8-10-20)25(33)30-14-13-21-11-12-23(32(36)37)15-22(21)16-30/h6-12,15,19,24H,13-14,16-18H2,1-5H3,(H,29,34)/t24-/m1/s1. The number of non-ortho nitro benzene ring substituents is 1. The number of ether oxygens (including phenoxy) is 2. The van der Waals surface area contributed by atoms with Crippen LogP contribution in [0.25, 0.3) is 0 Å². The fourth-order valence-electron chi connectivity index (χ4n) is 4.17. The van der Waals surface area contributed by atoms with Crippen molar-refractivity contribution in [3.05, 3.63) is 75.3 Å². The first-order valence-electron chi connectivity index (χ1n) is 12.8. The third kappa shape index (κ3) is 8.25. The summed E-state index contributed by atoms with van der Waals surface area (Å²) in [5.74, 6) is -0.415. The number of amides is 4. The summed E-state index contributed by atoms with van der Waals surface area (Å²) in [4.78, 5) is 52.9. The van der Waals surface area contributed by atoms with E-state index in [1.165, 1.54) is 17.0 Å². The van der Waals surface area contributed by atoms with Crippen LogP contribution in [0.2, 0.25) is 0 Å². The highest BCUT2D eigenvalue weighted by Gasteiger charge is 2.34. The molecule has 39 heavy (non-hydrogen) atoms. The summed E-state index contributed by atoms with van der Waals surface area (Å²) in [5, 5.41) is 13.9. The van der Waals surface area contributed by atoms with E-state index in [1.54, 1.807) is 40.7 Å². The minimum Gasteiger partial charge on any atom is -0.443 e. The highest BCUT2D eigenvalue weighted by Crippen LogP contribution is 2.24. The summed E-state index contributed by atoms with van der Waals surface area (Å²) in [6.07, 6.45) is -0.314. The smallest absolute Gasteiger partial charge is 0.418 e. The van der Waals surface area contributed by atoms with Crippen molar-refractivity contribution >= 4 is 23.7 Å². The van der Waals surface area contributed by atoms with Crippen molar-refractivity contribution in [3.8, 4) is 0 Å². The SMILES string of the molecule is CC(C)N(C(=O)N[C@H](COCc1ccccc1)C(=O)N1CCc2ccc([N+](=O)[O-])cc2C1)C(=O)OC(C)(C)C. The number of hydrogen-bond donors (Lipinski definition) is 1. The molecule has 11 nitrogen and oxygen atoms in total. The van der Waals surface area contributed by atoms with Gasteiger partial charge in [0, 0.05) is 31.3 Å². The molecule has 1 heterocycles. The van der Waals surface area contributed by atoms with E-state index in [4.69, 9.17) is 9.47 Å². The number of rotatable bonds is 8. The summed E-state index contributed by atoms with van der Waals surface area (Å²) in [6, 6.07) is 11.6. The van der Waals surface area contributed by atoms with E-state index in [0.29, 0.717) is 18.5 Å². The van der Waals surface area contributed by atoms with E-state index in [9.17, 15) is 24.5 Å². The van der Waals surface area contributed by atoms with Crippen LogP contribution in [-0.2, 0) is 33.8 Å². The minimum absolute atomic E-state index is 0.0518. The number of carbonyl (C=O) groups excluding carboxylic acids is 3. The van der Waals surface area contributed by atoms with Crippen LogP contribution in [0.1, 0.15) is 51.3 Å². The van der Waals surface area contributed by atoms with Gasteiger partial charge in [-0.05, 0) is 57.7 Å². The largest absolute Gasteiger partial charge is 0.443 e. The molecule has 1 atom stereocenters. The van der Waals surface area contributed by atoms with Gasteiger partial charge in [0.05, 0.1) is 18.1 Å². The van der Waals surface area contributed by atoms with E-state index in [2.05, 4.69) is 5.32 Å². The summed E-state index contributed by atoms with van der Waals surface area (Å²) in [5.41, 5.74) is 1.64. The zero-order chi connectivity index (χ0) is 28.7. The van der Waals surface area contributed by atoms with Gasteiger partial charge in [-0.1, -0.05) is 36.4 Å². The number of benzene rings is 2. The van der Waals surface area contributed by atoms with Crippen molar-refractivity contribution in [2.24, 2.45) is 0 Å². The molecule has 4 amide bonds. The van der Waals surface area contributed by atoms with Gasteiger partial charge >= 0.3 is 12.1 Å². The van der Waals surface area contributed by atoms with Gasteiger partial charge in [-0.2, -0.15) is 0 Å². The normalized spacial score (nSPS) is 13.8. The molecule has 0 unspecified atom stereocenters. The summed E-state index contributed by atoms with van der Waals surface area (Å²) < 4.78 is 11.2. The van der Waals surface area contributed by atoms with Crippen LogP contribution in [0.3, 0.4) is 0 Å². The first-order valence-corrected chi connectivity index (χ1v) is 12.8. The highest BCUT2D eigenvalue weighted by molar-refractivity contribution is 5.94. The number of carbonyl (C=O) groups is 3. The predicted molar refractivity (Wildman–Crippen MR) is 144 cm³/mol. The molecule has 2 aromatic rings. The summed E-state index contributed by atoms with van der Waals surface area (Å²) in [6.45, 7) is 9.03. The summed E-state index contributed by atoms with van der Waals surface area (Å²) >= 11 is 0. The Bertz CT molecular complexity index is 1190. The molecule has 1 aliphatic rings. The van der Waals surface area contributed by atoms with Crippen molar-refractivity contribution < 1.29 is 28.8 Å². The molecule has 1 N–H and O–H groups in total. The number of fused-ring (bicyclic) bond motifs is 1. The Hall–Kier alpha value is -3.99. The van der Waals surface area contributed by atoms with E-state index in [0.717, 1.165) is 16.0 Å². The Morgan fingerprint density at radius 3 is 2.41 bits per heavy atom. The van der Waals surface area contributed by atoms with Gasteiger partial charge < -0.3 is 19.7 Å². The maximum absolute atomic E-state index is 13.7. The molecule has 0 aromatic heterocycles. The van der Waals surface area contributed by atoms with Crippen LogP contribution in [0.5, 0.6) is 0 Å². The fraction of sp³-hybridized carbons (Fsp3) is 0.464. The Morgan fingerprint density at radius 1 is 1.10 bits per heavy atom. The molecule has 210 valence electrons. The fourth-order valence-corrected chi connectivity index (χ4v) is 4.17. The van der Waals surface area contributed by atoms with Gasteiger partial charge in [-0.15, -0.1) is 0 Å². The molecule has 0 radical (unpaired) electrons. The molecule has 0 aliphatic carbocycles. The van der Waals surface area contributed by atoms with Crippen molar-refractivity contribution in [1.82, 2.24) is 15.1 Å². The maximum atomic E-state index is 13.7. The number of nitro groups is 1. The lowest BCUT2D eigenvalue weighted by molar-refractivity contribution is -0.385.